The number of piperazine rings is 1. The van der Waals surface area contributed by atoms with Crippen LogP contribution in [-0.4, -0.2) is 57.1 Å². The Morgan fingerprint density at radius 1 is 0.829 bits per heavy atom. The molecule has 8 heteroatoms. The van der Waals surface area contributed by atoms with E-state index in [1.54, 1.807) is 18.2 Å². The summed E-state index contributed by atoms with van der Waals surface area (Å²) in [6, 6.07) is 24.4. The molecule has 1 aliphatic heterocycles. The zero-order valence-electron chi connectivity index (χ0n) is 19.6. The summed E-state index contributed by atoms with van der Waals surface area (Å²) >= 11 is 0. The fraction of sp³-hybridized carbons (Fsp3) is 0.296. The number of nitrogens with one attached hydrogen (secondary N) is 1. The molecule has 0 aliphatic carbocycles. The van der Waals surface area contributed by atoms with Gasteiger partial charge in [0.25, 0.3) is 0 Å². The van der Waals surface area contributed by atoms with E-state index in [1.807, 2.05) is 59.5 Å². The van der Waals surface area contributed by atoms with Gasteiger partial charge >= 0.3 is 0 Å². The molecule has 1 saturated heterocycles. The Kier molecular flexibility index (Phi) is 8.15. The standard InChI is InChI=1S/C27H30FN3O3S/c28-25-9-4-5-10-26(25)30-16-18-31(19-17-30)35(33,34)20-6-15-29-27(32)21-22-11-13-24(14-12-22)23-7-2-1-3-8-23/h1-5,7-14H,6,15-21H2,(H,29,32). The van der Waals surface area contributed by atoms with Gasteiger partial charge in [0.2, 0.25) is 15.9 Å². The lowest BCUT2D eigenvalue weighted by Gasteiger charge is -2.35. The summed E-state index contributed by atoms with van der Waals surface area (Å²) in [5, 5.41) is 2.82. The van der Waals surface area contributed by atoms with Crippen LogP contribution in [0.5, 0.6) is 0 Å². The molecule has 1 fully saturated rings. The van der Waals surface area contributed by atoms with Crippen molar-refractivity contribution >= 4 is 21.6 Å². The maximum absolute atomic E-state index is 14.0. The maximum atomic E-state index is 14.0. The van der Waals surface area contributed by atoms with E-state index in [9.17, 15) is 17.6 Å². The fourth-order valence-electron chi connectivity index (χ4n) is 4.22. The molecular weight excluding hydrogens is 465 g/mol. The molecule has 0 radical (unpaired) electrons. The monoisotopic (exact) mass is 495 g/mol. The van der Waals surface area contributed by atoms with Crippen molar-refractivity contribution in [3.8, 4) is 11.1 Å². The van der Waals surface area contributed by atoms with Crippen LogP contribution in [0.1, 0.15) is 12.0 Å². The molecule has 3 aromatic carbocycles. The van der Waals surface area contributed by atoms with Gasteiger partial charge in [0, 0.05) is 32.7 Å². The Balaban J connectivity index is 1.18. The Bertz CT molecular complexity index is 1230. The van der Waals surface area contributed by atoms with E-state index >= 15 is 0 Å². The average Bonchev–Trinajstić information content (AvgIpc) is 2.88. The summed E-state index contributed by atoms with van der Waals surface area (Å²) < 4.78 is 40.9. The molecule has 0 atom stereocenters. The number of halogens is 1. The number of hydrogen-bond acceptors (Lipinski definition) is 4. The van der Waals surface area contributed by atoms with Gasteiger partial charge in [-0.3, -0.25) is 4.79 Å². The van der Waals surface area contributed by atoms with Crippen molar-refractivity contribution in [1.29, 1.82) is 0 Å². The van der Waals surface area contributed by atoms with Crippen LogP contribution in [0.15, 0.2) is 78.9 Å². The van der Waals surface area contributed by atoms with Gasteiger partial charge in [0.1, 0.15) is 5.82 Å². The highest BCUT2D eigenvalue weighted by molar-refractivity contribution is 7.89. The lowest BCUT2D eigenvalue weighted by Crippen LogP contribution is -2.49. The van der Waals surface area contributed by atoms with Crippen molar-refractivity contribution in [2.24, 2.45) is 0 Å². The predicted molar refractivity (Wildman–Crippen MR) is 137 cm³/mol. The van der Waals surface area contributed by atoms with Crippen LogP contribution in [0.3, 0.4) is 0 Å². The van der Waals surface area contributed by atoms with Gasteiger partial charge in [0.15, 0.2) is 0 Å². The summed E-state index contributed by atoms with van der Waals surface area (Å²) in [6.07, 6.45) is 0.592. The number of para-hydroxylation sites is 1. The van der Waals surface area contributed by atoms with Gasteiger partial charge in [-0.1, -0.05) is 66.7 Å². The van der Waals surface area contributed by atoms with Gasteiger partial charge in [-0.25, -0.2) is 12.8 Å². The Morgan fingerprint density at radius 2 is 1.46 bits per heavy atom. The molecule has 1 amide bonds. The molecular formula is C27H30FN3O3S. The number of amides is 1. The van der Waals surface area contributed by atoms with Crippen LogP contribution in [0, 0.1) is 5.82 Å². The highest BCUT2D eigenvalue weighted by atomic mass is 32.2. The largest absolute Gasteiger partial charge is 0.367 e. The van der Waals surface area contributed by atoms with Crippen molar-refractivity contribution in [3.63, 3.8) is 0 Å². The minimum atomic E-state index is -3.43. The van der Waals surface area contributed by atoms with Crippen LogP contribution >= 0.6 is 0 Å². The van der Waals surface area contributed by atoms with Crippen LogP contribution in [0.4, 0.5) is 10.1 Å². The smallest absolute Gasteiger partial charge is 0.224 e. The number of nitrogens with zero attached hydrogens (tertiary/aromatic N) is 2. The number of anilines is 1. The van der Waals surface area contributed by atoms with E-state index in [0.29, 0.717) is 44.8 Å². The molecule has 1 heterocycles. The van der Waals surface area contributed by atoms with Gasteiger partial charge in [-0.2, -0.15) is 4.31 Å². The third-order valence-electron chi connectivity index (χ3n) is 6.15. The summed E-state index contributed by atoms with van der Waals surface area (Å²) in [5.41, 5.74) is 3.62. The highest BCUT2D eigenvalue weighted by Crippen LogP contribution is 2.21. The second kappa shape index (κ2) is 11.5. The van der Waals surface area contributed by atoms with Crippen molar-refractivity contribution in [2.45, 2.75) is 12.8 Å². The molecule has 184 valence electrons. The van der Waals surface area contributed by atoms with E-state index in [2.05, 4.69) is 5.32 Å². The lowest BCUT2D eigenvalue weighted by molar-refractivity contribution is -0.120. The van der Waals surface area contributed by atoms with E-state index < -0.39 is 10.0 Å². The predicted octanol–water partition coefficient (Wildman–Crippen LogP) is 3.69. The normalized spacial score (nSPS) is 14.6. The minimum Gasteiger partial charge on any atom is -0.367 e. The first kappa shape index (κ1) is 24.9. The van der Waals surface area contributed by atoms with E-state index in [-0.39, 0.29) is 23.9 Å². The molecule has 1 aliphatic rings. The topological polar surface area (TPSA) is 69.7 Å². The first-order valence-electron chi connectivity index (χ1n) is 11.8. The third kappa shape index (κ3) is 6.68. The number of carbonyl (C=O) groups is 1. The van der Waals surface area contributed by atoms with Gasteiger partial charge in [0.05, 0.1) is 17.9 Å². The number of rotatable bonds is 9. The Hall–Kier alpha value is -3.23. The fourth-order valence-corrected chi connectivity index (χ4v) is 5.71. The first-order valence-corrected chi connectivity index (χ1v) is 13.4. The average molecular weight is 496 g/mol. The molecule has 6 nitrogen and oxygen atoms in total. The molecule has 0 aromatic heterocycles. The van der Waals surface area contributed by atoms with E-state index in [4.69, 9.17) is 0 Å². The van der Waals surface area contributed by atoms with Crippen LogP contribution in [0.2, 0.25) is 0 Å². The highest BCUT2D eigenvalue weighted by Gasteiger charge is 2.27. The van der Waals surface area contributed by atoms with Crippen molar-refractivity contribution in [2.75, 3.05) is 43.4 Å². The number of sulfonamides is 1. The lowest BCUT2D eigenvalue weighted by atomic mass is 10.0. The van der Waals surface area contributed by atoms with E-state index in [0.717, 1.165) is 16.7 Å². The molecule has 0 bridgehead atoms. The first-order chi connectivity index (χ1) is 16.9. The Labute approximate surface area is 206 Å². The second-order valence-corrected chi connectivity index (χ2v) is 10.7. The van der Waals surface area contributed by atoms with Gasteiger partial charge in [-0.05, 0) is 35.2 Å². The zero-order chi connectivity index (χ0) is 24.7. The van der Waals surface area contributed by atoms with Crippen LogP contribution in [0.25, 0.3) is 11.1 Å². The molecule has 0 saturated carbocycles. The SMILES string of the molecule is O=C(Cc1ccc(-c2ccccc2)cc1)NCCCS(=O)(=O)N1CCN(c2ccccc2F)CC1. The quantitative estimate of drug-likeness (QED) is 0.460. The van der Waals surface area contributed by atoms with Crippen LogP contribution < -0.4 is 10.2 Å². The summed E-state index contributed by atoms with van der Waals surface area (Å²) in [4.78, 5) is 14.2. The Morgan fingerprint density at radius 3 is 2.14 bits per heavy atom. The zero-order valence-corrected chi connectivity index (χ0v) is 20.4. The molecule has 35 heavy (non-hydrogen) atoms. The molecule has 4 rings (SSSR count). The van der Waals surface area contributed by atoms with Gasteiger partial charge < -0.3 is 10.2 Å². The number of carbonyl (C=O) groups excluding carboxylic acids is 1. The molecule has 3 aromatic rings. The molecule has 1 N–H and O–H groups in total. The van der Waals surface area contributed by atoms with E-state index in [1.165, 1.54) is 10.4 Å². The third-order valence-corrected chi connectivity index (χ3v) is 8.11. The minimum absolute atomic E-state index is 0.0290. The van der Waals surface area contributed by atoms with Crippen molar-refractivity contribution in [3.05, 3.63) is 90.2 Å². The maximum Gasteiger partial charge on any atom is 0.224 e. The van der Waals surface area contributed by atoms with Crippen LogP contribution in [-0.2, 0) is 21.2 Å². The summed E-state index contributed by atoms with van der Waals surface area (Å²) in [5.74, 6) is -0.460. The summed E-state index contributed by atoms with van der Waals surface area (Å²) in [6.45, 7) is 1.83. The summed E-state index contributed by atoms with van der Waals surface area (Å²) in [7, 11) is -3.43. The number of benzene rings is 3. The van der Waals surface area contributed by atoms with Gasteiger partial charge in [-0.15, -0.1) is 0 Å². The number of hydrogen-bond donors (Lipinski definition) is 1. The second-order valence-electron chi connectivity index (χ2n) is 8.60. The van der Waals surface area contributed by atoms with Crippen molar-refractivity contribution < 1.29 is 17.6 Å². The van der Waals surface area contributed by atoms with Crippen molar-refractivity contribution in [1.82, 2.24) is 9.62 Å². The molecule has 0 spiro atoms. The molecule has 0 unspecified atom stereocenters.